The maximum absolute atomic E-state index is 13.1. The number of nitrogens with zero attached hydrogens (tertiary/aromatic N) is 4. The highest BCUT2D eigenvalue weighted by Crippen LogP contribution is 2.28. The number of aromatic nitrogens is 3. The molecular formula is C26H26ClN5O2. The summed E-state index contributed by atoms with van der Waals surface area (Å²) in [4.78, 5) is 31.7. The fraction of sp³-hybridized carbons (Fsp3) is 0.308. The van der Waals surface area contributed by atoms with Gasteiger partial charge in [0.15, 0.2) is 0 Å². The van der Waals surface area contributed by atoms with Crippen LogP contribution in [0.25, 0.3) is 0 Å². The van der Waals surface area contributed by atoms with Gasteiger partial charge in [0.2, 0.25) is 5.91 Å². The predicted molar refractivity (Wildman–Crippen MR) is 132 cm³/mol. The standard InChI is InChI=1S/C26H26ClN5O2/c1-17(2)26(34)31-12-11-21(16-31)32-23(22(27)15-29-32)25(33)30-24-18(3)13-20(14-28-24)10-9-19-7-5-4-6-8-19/h4-8,13-15,17,21H,11-12,16H2,1-3H3,(H,28,30,33). The molecule has 1 aromatic carbocycles. The van der Waals surface area contributed by atoms with Gasteiger partial charge in [-0.15, -0.1) is 0 Å². The van der Waals surface area contributed by atoms with E-state index in [2.05, 4.69) is 27.2 Å². The quantitative estimate of drug-likeness (QED) is 0.570. The van der Waals surface area contributed by atoms with E-state index in [1.54, 1.807) is 10.9 Å². The molecule has 1 aliphatic heterocycles. The summed E-state index contributed by atoms with van der Waals surface area (Å²) in [6, 6.07) is 11.5. The Kier molecular flexibility index (Phi) is 6.99. The zero-order valence-electron chi connectivity index (χ0n) is 19.4. The molecule has 1 fully saturated rings. The molecule has 1 aliphatic rings. The number of rotatable bonds is 4. The number of likely N-dealkylation sites (tertiary alicyclic amines) is 1. The maximum atomic E-state index is 13.1. The predicted octanol–water partition coefficient (Wildman–Crippen LogP) is 4.32. The van der Waals surface area contributed by atoms with Gasteiger partial charge in [-0.3, -0.25) is 14.3 Å². The van der Waals surface area contributed by atoms with Gasteiger partial charge < -0.3 is 10.2 Å². The molecule has 1 unspecified atom stereocenters. The van der Waals surface area contributed by atoms with Gasteiger partial charge in [-0.2, -0.15) is 5.10 Å². The molecule has 174 valence electrons. The van der Waals surface area contributed by atoms with Crippen LogP contribution in [-0.4, -0.2) is 44.6 Å². The number of pyridine rings is 1. The summed E-state index contributed by atoms with van der Waals surface area (Å²) in [5.41, 5.74) is 2.72. The molecule has 34 heavy (non-hydrogen) atoms. The number of hydrogen-bond acceptors (Lipinski definition) is 4. The maximum Gasteiger partial charge on any atom is 0.276 e. The topological polar surface area (TPSA) is 80.1 Å². The number of nitrogens with one attached hydrogen (secondary N) is 1. The summed E-state index contributed by atoms with van der Waals surface area (Å²) in [6.45, 7) is 6.76. The molecule has 8 heteroatoms. The van der Waals surface area contributed by atoms with E-state index in [1.165, 1.54) is 6.20 Å². The first kappa shape index (κ1) is 23.5. The molecule has 2 amide bonds. The van der Waals surface area contributed by atoms with E-state index in [0.29, 0.717) is 25.3 Å². The van der Waals surface area contributed by atoms with Crippen molar-refractivity contribution in [3.8, 4) is 11.8 Å². The third-order valence-electron chi connectivity index (χ3n) is 5.72. The van der Waals surface area contributed by atoms with Crippen molar-refractivity contribution in [1.82, 2.24) is 19.7 Å². The summed E-state index contributed by atoms with van der Waals surface area (Å²) in [7, 11) is 0. The minimum atomic E-state index is -0.394. The average molecular weight is 476 g/mol. The van der Waals surface area contributed by atoms with Gasteiger partial charge in [0, 0.05) is 36.3 Å². The third kappa shape index (κ3) is 5.13. The molecule has 1 N–H and O–H groups in total. The molecule has 2 aromatic heterocycles. The largest absolute Gasteiger partial charge is 0.340 e. The van der Waals surface area contributed by atoms with Gasteiger partial charge in [0.25, 0.3) is 5.91 Å². The molecule has 1 saturated heterocycles. The average Bonchev–Trinajstić information content (AvgIpc) is 3.46. The van der Waals surface area contributed by atoms with Crippen molar-refractivity contribution in [2.45, 2.75) is 33.2 Å². The lowest BCUT2D eigenvalue weighted by Crippen LogP contribution is -2.33. The molecule has 7 nitrogen and oxygen atoms in total. The van der Waals surface area contributed by atoms with E-state index in [-0.39, 0.29) is 28.6 Å². The van der Waals surface area contributed by atoms with Crippen LogP contribution >= 0.6 is 11.6 Å². The number of benzene rings is 1. The second-order valence-corrected chi connectivity index (χ2v) is 9.03. The second kappa shape index (κ2) is 10.1. The van der Waals surface area contributed by atoms with Crippen molar-refractivity contribution in [3.63, 3.8) is 0 Å². The summed E-state index contributed by atoms with van der Waals surface area (Å²) in [6.07, 6.45) is 3.80. The highest BCUT2D eigenvalue weighted by atomic mass is 35.5. The lowest BCUT2D eigenvalue weighted by atomic mass is 10.1. The Hall–Kier alpha value is -3.63. The van der Waals surface area contributed by atoms with Gasteiger partial charge in [-0.25, -0.2) is 4.98 Å². The molecule has 3 aromatic rings. The Bertz CT molecular complexity index is 1270. The number of carbonyl (C=O) groups is 2. The number of aryl methyl sites for hydroxylation is 1. The zero-order valence-corrected chi connectivity index (χ0v) is 20.1. The first-order chi connectivity index (χ1) is 16.3. The molecule has 1 atom stereocenters. The van der Waals surface area contributed by atoms with Gasteiger partial charge in [0.05, 0.1) is 17.3 Å². The van der Waals surface area contributed by atoms with Crippen LogP contribution < -0.4 is 5.32 Å². The fourth-order valence-corrected chi connectivity index (χ4v) is 4.16. The van der Waals surface area contributed by atoms with Gasteiger partial charge in [-0.05, 0) is 37.1 Å². The van der Waals surface area contributed by atoms with Gasteiger partial charge in [0.1, 0.15) is 11.5 Å². The van der Waals surface area contributed by atoms with Crippen LogP contribution in [0.3, 0.4) is 0 Å². The number of carbonyl (C=O) groups excluding carboxylic acids is 2. The third-order valence-corrected chi connectivity index (χ3v) is 5.99. The second-order valence-electron chi connectivity index (χ2n) is 8.63. The number of hydrogen-bond donors (Lipinski definition) is 1. The van der Waals surface area contributed by atoms with E-state index < -0.39 is 5.91 Å². The molecular weight excluding hydrogens is 450 g/mol. The molecule has 0 radical (unpaired) electrons. The normalized spacial score (nSPS) is 15.2. The Morgan fingerprint density at radius 3 is 2.59 bits per heavy atom. The smallest absolute Gasteiger partial charge is 0.276 e. The van der Waals surface area contributed by atoms with E-state index in [0.717, 1.165) is 16.7 Å². The van der Waals surface area contributed by atoms with Crippen LogP contribution in [-0.2, 0) is 4.79 Å². The van der Waals surface area contributed by atoms with Crippen LogP contribution in [0.2, 0.25) is 5.02 Å². The lowest BCUT2D eigenvalue weighted by molar-refractivity contribution is -0.133. The highest BCUT2D eigenvalue weighted by molar-refractivity contribution is 6.34. The van der Waals surface area contributed by atoms with Crippen molar-refractivity contribution in [2.75, 3.05) is 18.4 Å². The Labute approximate surface area is 204 Å². The first-order valence-corrected chi connectivity index (χ1v) is 11.6. The van der Waals surface area contributed by atoms with Gasteiger partial charge in [-0.1, -0.05) is 55.5 Å². The van der Waals surface area contributed by atoms with Crippen LogP contribution in [0.4, 0.5) is 5.82 Å². The van der Waals surface area contributed by atoms with Crippen molar-refractivity contribution in [3.05, 3.63) is 76.2 Å². The molecule has 0 bridgehead atoms. The van der Waals surface area contributed by atoms with Crippen LogP contribution in [0, 0.1) is 24.7 Å². The number of halogens is 1. The number of amides is 2. The molecule has 3 heterocycles. The number of anilines is 1. The molecule has 0 saturated carbocycles. The minimum Gasteiger partial charge on any atom is -0.340 e. The summed E-state index contributed by atoms with van der Waals surface area (Å²) >= 11 is 6.33. The van der Waals surface area contributed by atoms with E-state index in [1.807, 2.05) is 62.1 Å². The Morgan fingerprint density at radius 2 is 1.88 bits per heavy atom. The summed E-state index contributed by atoms with van der Waals surface area (Å²) < 4.78 is 1.63. The van der Waals surface area contributed by atoms with Crippen molar-refractivity contribution in [1.29, 1.82) is 0 Å². The minimum absolute atomic E-state index is 0.0721. The molecule has 0 spiro atoms. The van der Waals surface area contributed by atoms with Crippen molar-refractivity contribution >= 4 is 29.2 Å². The van der Waals surface area contributed by atoms with Crippen molar-refractivity contribution < 1.29 is 9.59 Å². The Morgan fingerprint density at radius 1 is 1.15 bits per heavy atom. The van der Waals surface area contributed by atoms with Gasteiger partial charge >= 0.3 is 0 Å². The fourth-order valence-electron chi connectivity index (χ4n) is 3.94. The van der Waals surface area contributed by atoms with Crippen LogP contribution in [0.1, 0.15) is 53.5 Å². The molecule has 0 aliphatic carbocycles. The zero-order chi connectivity index (χ0) is 24.2. The van der Waals surface area contributed by atoms with E-state index in [9.17, 15) is 9.59 Å². The van der Waals surface area contributed by atoms with Crippen LogP contribution in [0.15, 0.2) is 48.8 Å². The van der Waals surface area contributed by atoms with Crippen molar-refractivity contribution in [2.24, 2.45) is 5.92 Å². The molecule has 4 rings (SSSR count). The van der Waals surface area contributed by atoms with Crippen LogP contribution in [0.5, 0.6) is 0 Å². The first-order valence-electron chi connectivity index (χ1n) is 11.2. The summed E-state index contributed by atoms with van der Waals surface area (Å²) in [5.74, 6) is 6.26. The Balaban J connectivity index is 1.49. The lowest BCUT2D eigenvalue weighted by Gasteiger charge is -2.19. The van der Waals surface area contributed by atoms with E-state index >= 15 is 0 Å². The van der Waals surface area contributed by atoms with E-state index in [4.69, 9.17) is 11.6 Å². The summed E-state index contributed by atoms with van der Waals surface area (Å²) in [5, 5.41) is 7.44. The monoisotopic (exact) mass is 475 g/mol. The SMILES string of the molecule is Cc1cc(C#Cc2ccccc2)cnc1NC(=O)c1c(Cl)cnn1C1CCN(C(=O)C(C)C)C1. The highest BCUT2D eigenvalue weighted by Gasteiger charge is 2.32.